The van der Waals surface area contributed by atoms with Crippen molar-refractivity contribution in [3.05, 3.63) is 42.2 Å². The van der Waals surface area contributed by atoms with Gasteiger partial charge in [-0.25, -0.2) is 4.39 Å². The Morgan fingerprint density at radius 2 is 2.19 bits per heavy atom. The van der Waals surface area contributed by atoms with Gasteiger partial charge in [0, 0.05) is 18.7 Å². The fourth-order valence-electron chi connectivity index (χ4n) is 2.40. The van der Waals surface area contributed by atoms with E-state index in [9.17, 15) is 14.0 Å². The zero-order chi connectivity index (χ0) is 15.2. The molecule has 5 heteroatoms. The van der Waals surface area contributed by atoms with Gasteiger partial charge in [0.25, 0.3) is 0 Å². The van der Waals surface area contributed by atoms with Crippen molar-refractivity contribution in [1.82, 2.24) is 5.32 Å². The molecular formula is C16H19FN2O2. The van der Waals surface area contributed by atoms with Crippen LogP contribution >= 0.6 is 0 Å². The molecule has 1 aliphatic carbocycles. The Labute approximate surface area is 123 Å². The summed E-state index contributed by atoms with van der Waals surface area (Å²) in [5.41, 5.74) is 0.415. The third kappa shape index (κ3) is 3.90. The number of carbonyl (C=O) groups is 2. The number of nitrogens with zero attached hydrogens (tertiary/aromatic N) is 1. The maximum atomic E-state index is 13.4. The molecular weight excluding hydrogens is 271 g/mol. The minimum atomic E-state index is -0.425. The average molecular weight is 290 g/mol. The van der Waals surface area contributed by atoms with Crippen LogP contribution in [0.3, 0.4) is 0 Å². The average Bonchev–Trinajstić information content (AvgIpc) is 2.52. The number of rotatable bonds is 4. The lowest BCUT2D eigenvalue weighted by Crippen LogP contribution is -2.43. The second-order valence-corrected chi connectivity index (χ2v) is 5.06. The van der Waals surface area contributed by atoms with E-state index in [4.69, 9.17) is 0 Å². The lowest BCUT2D eigenvalue weighted by molar-refractivity contribution is -0.125. The Morgan fingerprint density at radius 1 is 1.38 bits per heavy atom. The van der Waals surface area contributed by atoms with Crippen LogP contribution in [0.15, 0.2) is 36.4 Å². The first kappa shape index (κ1) is 15.2. The molecule has 112 valence electrons. The Bertz CT molecular complexity index is 557. The van der Waals surface area contributed by atoms with Crippen LogP contribution in [0.5, 0.6) is 0 Å². The fourth-order valence-corrected chi connectivity index (χ4v) is 2.40. The largest absolute Gasteiger partial charge is 0.358 e. The lowest BCUT2D eigenvalue weighted by Gasteiger charge is -2.27. The van der Waals surface area contributed by atoms with Crippen molar-refractivity contribution >= 4 is 17.5 Å². The van der Waals surface area contributed by atoms with Gasteiger partial charge < -0.3 is 10.2 Å². The molecule has 4 nitrogen and oxygen atoms in total. The number of nitrogens with one attached hydrogen (secondary N) is 1. The van der Waals surface area contributed by atoms with Crippen LogP contribution in [0, 0.1) is 11.7 Å². The van der Waals surface area contributed by atoms with Crippen LogP contribution in [0.25, 0.3) is 0 Å². The first-order valence-corrected chi connectivity index (χ1v) is 7.04. The summed E-state index contributed by atoms with van der Waals surface area (Å²) in [6.45, 7) is -0.0982. The van der Waals surface area contributed by atoms with Gasteiger partial charge in [-0.3, -0.25) is 9.59 Å². The smallest absolute Gasteiger partial charge is 0.239 e. The van der Waals surface area contributed by atoms with Crippen molar-refractivity contribution in [1.29, 1.82) is 0 Å². The van der Waals surface area contributed by atoms with E-state index in [0.717, 1.165) is 12.8 Å². The summed E-state index contributed by atoms with van der Waals surface area (Å²) in [4.78, 5) is 25.7. The molecule has 0 radical (unpaired) electrons. The SMILES string of the molecule is CNC(=O)CN(C(=O)[C@@H]1CC=CCC1)c1cccc(F)c1. The van der Waals surface area contributed by atoms with Crippen molar-refractivity contribution in [2.45, 2.75) is 19.3 Å². The van der Waals surface area contributed by atoms with Crippen LogP contribution in [0.1, 0.15) is 19.3 Å². The summed E-state index contributed by atoms with van der Waals surface area (Å²) >= 11 is 0. The van der Waals surface area contributed by atoms with Gasteiger partial charge in [0.15, 0.2) is 0 Å². The number of likely N-dealkylation sites (N-methyl/N-ethyl adjacent to an activating group) is 1. The zero-order valence-electron chi connectivity index (χ0n) is 12.0. The van der Waals surface area contributed by atoms with E-state index in [1.54, 1.807) is 6.07 Å². The molecule has 0 aliphatic heterocycles. The highest BCUT2D eigenvalue weighted by Crippen LogP contribution is 2.24. The molecule has 0 aromatic heterocycles. The highest BCUT2D eigenvalue weighted by Gasteiger charge is 2.27. The topological polar surface area (TPSA) is 49.4 Å². The van der Waals surface area contributed by atoms with Gasteiger partial charge in [0.05, 0.1) is 0 Å². The Hall–Kier alpha value is -2.17. The number of hydrogen-bond acceptors (Lipinski definition) is 2. The van der Waals surface area contributed by atoms with E-state index < -0.39 is 5.82 Å². The lowest BCUT2D eigenvalue weighted by atomic mass is 9.93. The van der Waals surface area contributed by atoms with E-state index in [0.29, 0.717) is 12.1 Å². The summed E-state index contributed by atoms with van der Waals surface area (Å²) in [7, 11) is 1.51. The molecule has 0 saturated carbocycles. The second kappa shape index (κ2) is 7.02. The summed E-state index contributed by atoms with van der Waals surface area (Å²) in [6, 6.07) is 5.77. The van der Waals surface area contributed by atoms with Crippen LogP contribution in [0.2, 0.25) is 0 Å². The monoisotopic (exact) mass is 290 g/mol. The molecule has 1 aromatic rings. The molecule has 1 aliphatic rings. The van der Waals surface area contributed by atoms with Crippen molar-refractivity contribution in [2.75, 3.05) is 18.5 Å². The predicted molar refractivity (Wildman–Crippen MR) is 79.3 cm³/mol. The molecule has 1 aromatic carbocycles. The van der Waals surface area contributed by atoms with Gasteiger partial charge in [-0.1, -0.05) is 18.2 Å². The van der Waals surface area contributed by atoms with E-state index in [1.165, 1.54) is 30.1 Å². The number of allylic oxidation sites excluding steroid dienone is 2. The minimum Gasteiger partial charge on any atom is -0.358 e. The van der Waals surface area contributed by atoms with Crippen molar-refractivity contribution < 1.29 is 14.0 Å². The molecule has 0 heterocycles. The van der Waals surface area contributed by atoms with E-state index in [1.807, 2.05) is 6.08 Å². The van der Waals surface area contributed by atoms with Gasteiger partial charge in [0.2, 0.25) is 11.8 Å². The summed E-state index contributed by atoms with van der Waals surface area (Å²) < 4.78 is 13.4. The van der Waals surface area contributed by atoms with Crippen LogP contribution < -0.4 is 10.2 Å². The maximum absolute atomic E-state index is 13.4. The third-order valence-corrected chi connectivity index (χ3v) is 3.58. The van der Waals surface area contributed by atoms with Crippen LogP contribution in [0.4, 0.5) is 10.1 Å². The second-order valence-electron chi connectivity index (χ2n) is 5.06. The molecule has 0 spiro atoms. The number of amides is 2. The van der Waals surface area contributed by atoms with Gasteiger partial charge in [-0.15, -0.1) is 0 Å². The first-order chi connectivity index (χ1) is 10.1. The molecule has 0 unspecified atom stereocenters. The molecule has 0 bridgehead atoms. The third-order valence-electron chi connectivity index (χ3n) is 3.58. The van der Waals surface area contributed by atoms with Gasteiger partial charge in [-0.2, -0.15) is 0 Å². The summed E-state index contributed by atoms with van der Waals surface area (Å²) in [6.07, 6.45) is 6.31. The van der Waals surface area contributed by atoms with Crippen molar-refractivity contribution in [3.8, 4) is 0 Å². The number of benzene rings is 1. The van der Waals surface area contributed by atoms with Crippen molar-refractivity contribution in [2.24, 2.45) is 5.92 Å². The molecule has 21 heavy (non-hydrogen) atoms. The standard InChI is InChI=1S/C16H19FN2O2/c1-18-15(20)11-19(14-9-5-8-13(17)10-14)16(21)12-6-3-2-4-7-12/h2-3,5,8-10,12H,4,6-7,11H2,1H3,(H,18,20)/t12-/m1/s1. The number of halogens is 1. The van der Waals surface area contributed by atoms with Gasteiger partial charge in [0.1, 0.15) is 12.4 Å². The molecule has 2 rings (SSSR count). The highest BCUT2D eigenvalue weighted by atomic mass is 19.1. The quantitative estimate of drug-likeness (QED) is 0.865. The number of carbonyl (C=O) groups excluding carboxylic acids is 2. The van der Waals surface area contributed by atoms with E-state index >= 15 is 0 Å². The highest BCUT2D eigenvalue weighted by molar-refractivity contribution is 6.00. The van der Waals surface area contributed by atoms with Crippen LogP contribution in [-0.4, -0.2) is 25.4 Å². The number of hydrogen-bond donors (Lipinski definition) is 1. The molecule has 0 fully saturated rings. The zero-order valence-corrected chi connectivity index (χ0v) is 12.0. The summed E-state index contributed by atoms with van der Waals surface area (Å²) in [5, 5.41) is 2.50. The Morgan fingerprint density at radius 3 is 2.81 bits per heavy atom. The first-order valence-electron chi connectivity index (χ1n) is 7.04. The molecule has 0 saturated heterocycles. The number of anilines is 1. The Kier molecular flexibility index (Phi) is 5.09. The van der Waals surface area contributed by atoms with Gasteiger partial charge >= 0.3 is 0 Å². The van der Waals surface area contributed by atoms with Gasteiger partial charge in [-0.05, 0) is 37.5 Å². The normalized spacial score (nSPS) is 17.3. The minimum absolute atomic E-state index is 0.0982. The Balaban J connectivity index is 2.24. The van der Waals surface area contributed by atoms with E-state index in [-0.39, 0.29) is 24.3 Å². The molecule has 2 amide bonds. The molecule has 1 atom stereocenters. The van der Waals surface area contributed by atoms with Crippen LogP contribution in [-0.2, 0) is 9.59 Å². The maximum Gasteiger partial charge on any atom is 0.239 e. The summed E-state index contributed by atoms with van der Waals surface area (Å²) in [5.74, 6) is -0.985. The fraction of sp³-hybridized carbons (Fsp3) is 0.375. The molecule has 1 N–H and O–H groups in total. The van der Waals surface area contributed by atoms with E-state index in [2.05, 4.69) is 11.4 Å². The van der Waals surface area contributed by atoms with Crippen molar-refractivity contribution in [3.63, 3.8) is 0 Å². The predicted octanol–water partition coefficient (Wildman–Crippen LogP) is 2.26.